The van der Waals surface area contributed by atoms with Gasteiger partial charge in [0, 0.05) is 13.1 Å². The van der Waals surface area contributed by atoms with Crippen LogP contribution in [0.3, 0.4) is 0 Å². The Morgan fingerprint density at radius 3 is 2.79 bits per heavy atom. The number of nitriles is 2. The molecule has 96 valence electrons. The molecule has 0 spiro atoms. The van der Waals surface area contributed by atoms with Crippen LogP contribution < -0.4 is 0 Å². The van der Waals surface area contributed by atoms with Crippen LogP contribution in [0.25, 0.3) is 0 Å². The predicted octanol–water partition coefficient (Wildman–Crippen LogP) is 2.32. The molecule has 1 fully saturated rings. The minimum Gasteiger partial charge on any atom is -0.337 e. The molecule has 1 aliphatic rings. The highest BCUT2D eigenvalue weighted by Gasteiger charge is 2.33. The summed E-state index contributed by atoms with van der Waals surface area (Å²) < 4.78 is 0. The van der Waals surface area contributed by atoms with Crippen molar-refractivity contribution in [2.45, 2.75) is 19.8 Å². The Hall–Kier alpha value is -2.33. The Kier molecular flexibility index (Phi) is 3.53. The second-order valence-electron chi connectivity index (χ2n) is 5.16. The largest absolute Gasteiger partial charge is 0.337 e. The number of amides is 1. The van der Waals surface area contributed by atoms with E-state index in [4.69, 9.17) is 5.26 Å². The summed E-state index contributed by atoms with van der Waals surface area (Å²) in [4.78, 5) is 14.1. The van der Waals surface area contributed by atoms with E-state index in [-0.39, 0.29) is 5.91 Å². The number of carbonyl (C=O) groups excluding carboxylic acids is 1. The van der Waals surface area contributed by atoms with Gasteiger partial charge in [-0.3, -0.25) is 4.79 Å². The van der Waals surface area contributed by atoms with E-state index in [1.807, 2.05) is 13.0 Å². The molecule has 0 aromatic heterocycles. The molecule has 1 aromatic carbocycles. The van der Waals surface area contributed by atoms with Gasteiger partial charge in [-0.25, -0.2) is 0 Å². The van der Waals surface area contributed by atoms with E-state index < -0.39 is 5.41 Å². The van der Waals surface area contributed by atoms with Gasteiger partial charge in [0.05, 0.1) is 28.7 Å². The first-order chi connectivity index (χ1) is 9.09. The Bertz CT molecular complexity index is 582. The first kappa shape index (κ1) is 13.1. The molecule has 4 nitrogen and oxygen atoms in total. The average Bonchev–Trinajstić information content (AvgIpc) is 2.46. The van der Waals surface area contributed by atoms with Crippen molar-refractivity contribution in [3.05, 3.63) is 35.4 Å². The van der Waals surface area contributed by atoms with Crippen molar-refractivity contribution in [3.63, 3.8) is 0 Å². The third-order valence-corrected chi connectivity index (χ3v) is 3.53. The van der Waals surface area contributed by atoms with Gasteiger partial charge in [-0.05, 0) is 31.9 Å². The van der Waals surface area contributed by atoms with E-state index in [2.05, 4.69) is 6.07 Å². The van der Waals surface area contributed by atoms with Crippen LogP contribution in [0.5, 0.6) is 0 Å². The van der Waals surface area contributed by atoms with Crippen molar-refractivity contribution in [1.29, 1.82) is 10.5 Å². The lowest BCUT2D eigenvalue weighted by Gasteiger charge is -2.36. The Morgan fingerprint density at radius 1 is 1.37 bits per heavy atom. The summed E-state index contributed by atoms with van der Waals surface area (Å²) in [7, 11) is 0. The third kappa shape index (κ3) is 2.58. The Balaban J connectivity index is 2.26. The maximum absolute atomic E-state index is 12.4. The first-order valence-corrected chi connectivity index (χ1v) is 6.29. The number of likely N-dealkylation sites (tertiary alicyclic amines) is 1. The number of hydrogen-bond acceptors (Lipinski definition) is 3. The van der Waals surface area contributed by atoms with E-state index in [0.29, 0.717) is 24.2 Å². The summed E-state index contributed by atoms with van der Waals surface area (Å²) in [6.45, 7) is 2.96. The van der Waals surface area contributed by atoms with Gasteiger partial charge in [0.1, 0.15) is 0 Å². The zero-order chi connectivity index (χ0) is 13.9. The van der Waals surface area contributed by atoms with Crippen molar-refractivity contribution >= 4 is 5.91 Å². The predicted molar refractivity (Wildman–Crippen MR) is 70.0 cm³/mol. The van der Waals surface area contributed by atoms with Gasteiger partial charge in [0.15, 0.2) is 0 Å². The maximum Gasteiger partial charge on any atom is 0.255 e. The minimum absolute atomic E-state index is 0.154. The number of piperidine rings is 1. The molecule has 1 amide bonds. The van der Waals surface area contributed by atoms with E-state index in [9.17, 15) is 10.1 Å². The van der Waals surface area contributed by atoms with Gasteiger partial charge in [0.2, 0.25) is 0 Å². The molecule has 1 aliphatic heterocycles. The zero-order valence-corrected chi connectivity index (χ0v) is 10.9. The lowest BCUT2D eigenvalue weighted by molar-refractivity contribution is 0.0629. The number of benzene rings is 1. The number of hydrogen-bond donors (Lipinski definition) is 0. The normalized spacial score (nSPS) is 22.4. The molecular formula is C15H15N3O. The number of rotatable bonds is 1. The Morgan fingerprint density at radius 2 is 2.11 bits per heavy atom. The SMILES string of the molecule is CC1(C#N)CCCN(C(=O)c2ccccc2C#N)C1. The highest BCUT2D eigenvalue weighted by atomic mass is 16.2. The molecule has 1 saturated heterocycles. The van der Waals surface area contributed by atoms with Crippen LogP contribution in [-0.4, -0.2) is 23.9 Å². The number of carbonyl (C=O) groups is 1. The average molecular weight is 253 g/mol. The molecule has 1 aromatic rings. The van der Waals surface area contributed by atoms with Crippen LogP contribution in [0.1, 0.15) is 35.7 Å². The summed E-state index contributed by atoms with van der Waals surface area (Å²) in [6, 6.07) is 11.1. The summed E-state index contributed by atoms with van der Waals surface area (Å²) in [5, 5.41) is 18.2. The van der Waals surface area contributed by atoms with Gasteiger partial charge in [0.25, 0.3) is 5.91 Å². The van der Waals surface area contributed by atoms with Crippen molar-refractivity contribution in [1.82, 2.24) is 4.90 Å². The molecule has 1 unspecified atom stereocenters. The molecule has 0 aliphatic carbocycles. The third-order valence-electron chi connectivity index (χ3n) is 3.53. The highest BCUT2D eigenvalue weighted by molar-refractivity contribution is 5.96. The van der Waals surface area contributed by atoms with E-state index in [1.165, 1.54) is 0 Å². The molecular weight excluding hydrogens is 238 g/mol. The van der Waals surface area contributed by atoms with Crippen molar-refractivity contribution in [2.75, 3.05) is 13.1 Å². The van der Waals surface area contributed by atoms with E-state index in [0.717, 1.165) is 12.8 Å². The molecule has 19 heavy (non-hydrogen) atoms. The molecule has 0 N–H and O–H groups in total. The van der Waals surface area contributed by atoms with Gasteiger partial charge in [-0.15, -0.1) is 0 Å². The van der Waals surface area contributed by atoms with E-state index >= 15 is 0 Å². The van der Waals surface area contributed by atoms with Crippen molar-refractivity contribution < 1.29 is 4.79 Å². The lowest BCUT2D eigenvalue weighted by Crippen LogP contribution is -2.44. The fourth-order valence-electron chi connectivity index (χ4n) is 2.44. The molecule has 1 atom stereocenters. The summed E-state index contributed by atoms with van der Waals surface area (Å²) in [6.07, 6.45) is 1.64. The van der Waals surface area contributed by atoms with Crippen molar-refractivity contribution in [3.8, 4) is 12.1 Å². The second-order valence-corrected chi connectivity index (χ2v) is 5.16. The number of nitrogens with zero attached hydrogens (tertiary/aromatic N) is 3. The molecule has 1 heterocycles. The zero-order valence-electron chi connectivity index (χ0n) is 10.9. The second kappa shape index (κ2) is 5.12. The van der Waals surface area contributed by atoms with Crippen LogP contribution in [0.15, 0.2) is 24.3 Å². The molecule has 0 saturated carbocycles. The monoisotopic (exact) mass is 253 g/mol. The smallest absolute Gasteiger partial charge is 0.255 e. The van der Waals surface area contributed by atoms with E-state index in [1.54, 1.807) is 29.2 Å². The quantitative estimate of drug-likeness (QED) is 0.771. The maximum atomic E-state index is 12.4. The molecule has 0 bridgehead atoms. The highest BCUT2D eigenvalue weighted by Crippen LogP contribution is 2.29. The first-order valence-electron chi connectivity index (χ1n) is 6.29. The van der Waals surface area contributed by atoms with Crippen LogP contribution in [0, 0.1) is 28.1 Å². The van der Waals surface area contributed by atoms with Crippen LogP contribution in [-0.2, 0) is 0 Å². The molecule has 4 heteroatoms. The standard InChI is InChI=1S/C15H15N3O/c1-15(10-17)7-4-8-18(11-15)14(19)13-6-3-2-5-12(13)9-16/h2-3,5-6H,4,7-8,11H2,1H3. The summed E-state index contributed by atoms with van der Waals surface area (Å²) in [5.41, 5.74) is 0.332. The van der Waals surface area contributed by atoms with Gasteiger partial charge in [-0.1, -0.05) is 12.1 Å². The lowest BCUT2D eigenvalue weighted by atomic mass is 9.83. The molecule has 2 rings (SSSR count). The molecule has 0 radical (unpaired) electrons. The van der Waals surface area contributed by atoms with Crippen LogP contribution in [0.2, 0.25) is 0 Å². The Labute approximate surface area is 112 Å². The summed E-state index contributed by atoms with van der Waals surface area (Å²) >= 11 is 0. The minimum atomic E-state index is -0.477. The van der Waals surface area contributed by atoms with Crippen LogP contribution >= 0.6 is 0 Å². The van der Waals surface area contributed by atoms with Gasteiger partial charge in [-0.2, -0.15) is 10.5 Å². The fraction of sp³-hybridized carbons (Fsp3) is 0.400. The van der Waals surface area contributed by atoms with Gasteiger partial charge < -0.3 is 4.90 Å². The fourth-order valence-corrected chi connectivity index (χ4v) is 2.44. The summed E-state index contributed by atoms with van der Waals surface area (Å²) in [5.74, 6) is -0.154. The van der Waals surface area contributed by atoms with Crippen LogP contribution in [0.4, 0.5) is 0 Å². The van der Waals surface area contributed by atoms with Crippen molar-refractivity contribution in [2.24, 2.45) is 5.41 Å². The van der Waals surface area contributed by atoms with Gasteiger partial charge >= 0.3 is 0 Å². The topological polar surface area (TPSA) is 67.9 Å².